The number of hydrogen-bond acceptors (Lipinski definition) is 9. The molecule has 2 aliphatic carbocycles. The van der Waals surface area contributed by atoms with E-state index in [4.69, 9.17) is 18.9 Å². The van der Waals surface area contributed by atoms with Crippen molar-refractivity contribution in [3.05, 3.63) is 108 Å². The lowest BCUT2D eigenvalue weighted by atomic mass is 9.48. The monoisotopic (exact) mass is 614 g/mol. The van der Waals surface area contributed by atoms with E-state index in [1.807, 2.05) is 13.0 Å². The summed E-state index contributed by atoms with van der Waals surface area (Å²) in [5.74, 6) is -2.23. The fraction of sp³-hybridized carbons (Fsp3) is 0.417. The number of fused-ring (bicyclic) bond motifs is 1. The molecule has 9 heteroatoms. The normalized spacial score (nSPS) is 33.5. The summed E-state index contributed by atoms with van der Waals surface area (Å²) in [5, 5.41) is 22.1. The van der Waals surface area contributed by atoms with E-state index in [1.165, 1.54) is 0 Å². The van der Waals surface area contributed by atoms with Gasteiger partial charge in [0.2, 0.25) is 5.60 Å². The van der Waals surface area contributed by atoms with Crippen LogP contribution >= 0.6 is 0 Å². The number of aliphatic hydroxyl groups is 2. The number of carbonyl (C=O) groups excluding carboxylic acids is 3. The van der Waals surface area contributed by atoms with Crippen molar-refractivity contribution < 1.29 is 43.5 Å². The average molecular weight is 615 g/mol. The zero-order valence-electron chi connectivity index (χ0n) is 25.4. The summed E-state index contributed by atoms with van der Waals surface area (Å²) in [7, 11) is 0. The van der Waals surface area contributed by atoms with E-state index in [-0.39, 0.29) is 30.9 Å². The molecule has 3 aromatic rings. The number of aliphatic hydroxyl groups excluding tert-OH is 2. The molecule has 3 aromatic carbocycles. The lowest BCUT2D eigenvalue weighted by Crippen LogP contribution is -2.77. The summed E-state index contributed by atoms with van der Waals surface area (Å²) >= 11 is 0. The van der Waals surface area contributed by atoms with Gasteiger partial charge in [-0.05, 0) is 74.9 Å². The molecule has 1 spiro atoms. The maximum absolute atomic E-state index is 13.8. The maximum Gasteiger partial charge on any atom is 0.339 e. The van der Waals surface area contributed by atoms with E-state index in [9.17, 15) is 24.6 Å². The summed E-state index contributed by atoms with van der Waals surface area (Å²) in [6.45, 7) is 2.57. The molecule has 236 valence electrons. The third kappa shape index (κ3) is 4.94. The van der Waals surface area contributed by atoms with Crippen molar-refractivity contribution in [3.63, 3.8) is 0 Å². The number of carbonyl (C=O) groups is 3. The van der Waals surface area contributed by atoms with Crippen LogP contribution < -0.4 is 0 Å². The minimum atomic E-state index is -1.92. The second-order valence-electron chi connectivity index (χ2n) is 12.8. The van der Waals surface area contributed by atoms with Crippen molar-refractivity contribution in [2.75, 3.05) is 13.2 Å². The van der Waals surface area contributed by atoms with Crippen LogP contribution in [0.25, 0.3) is 0 Å². The fourth-order valence-corrected chi connectivity index (χ4v) is 7.82. The van der Waals surface area contributed by atoms with Crippen LogP contribution in [-0.2, 0) is 18.9 Å². The zero-order chi connectivity index (χ0) is 31.9. The predicted molar refractivity (Wildman–Crippen MR) is 162 cm³/mol. The van der Waals surface area contributed by atoms with Crippen LogP contribution in [0, 0.1) is 11.3 Å². The van der Waals surface area contributed by atoms with Gasteiger partial charge in [0.15, 0.2) is 0 Å². The minimum Gasteiger partial charge on any atom is -0.458 e. The Morgan fingerprint density at radius 2 is 1.22 bits per heavy atom. The topological polar surface area (TPSA) is 129 Å². The van der Waals surface area contributed by atoms with E-state index in [2.05, 4.69) is 0 Å². The van der Waals surface area contributed by atoms with Gasteiger partial charge in [0, 0.05) is 5.41 Å². The molecule has 2 saturated carbocycles. The predicted octanol–water partition coefficient (Wildman–Crippen LogP) is 4.76. The van der Waals surface area contributed by atoms with Crippen molar-refractivity contribution >= 4 is 17.9 Å². The Hall–Kier alpha value is -4.05. The van der Waals surface area contributed by atoms with E-state index < -0.39 is 58.9 Å². The Bertz CT molecular complexity index is 1550. The third-order valence-electron chi connectivity index (χ3n) is 10.4. The molecule has 7 atom stereocenters. The van der Waals surface area contributed by atoms with Gasteiger partial charge in [-0.3, -0.25) is 0 Å². The second-order valence-corrected chi connectivity index (χ2v) is 12.8. The molecule has 0 unspecified atom stereocenters. The average Bonchev–Trinajstić information content (AvgIpc) is 3.35. The molecule has 3 aliphatic rings. The molecule has 45 heavy (non-hydrogen) atoms. The smallest absolute Gasteiger partial charge is 0.339 e. The highest BCUT2D eigenvalue weighted by Crippen LogP contribution is 2.68. The fourth-order valence-electron chi connectivity index (χ4n) is 7.82. The molecule has 1 saturated heterocycles. The summed E-state index contributed by atoms with van der Waals surface area (Å²) in [4.78, 5) is 40.7. The number of hydrogen-bond donors (Lipinski definition) is 2. The molecule has 6 rings (SSSR count). The van der Waals surface area contributed by atoms with E-state index in [0.29, 0.717) is 24.0 Å². The van der Waals surface area contributed by atoms with Crippen molar-refractivity contribution in [3.8, 4) is 0 Å². The molecular formula is C36H38O9. The SMILES string of the molecule is C[C@@]12CC[C@@H](OC(=O)c3ccccc3)[C@](CO)(OC(=O)c3ccccc3)[C@@]13C[C@@H](C[C@H]2OC(=O)c1ccccc1)[C@](C)(CO)O3. The van der Waals surface area contributed by atoms with Gasteiger partial charge < -0.3 is 29.2 Å². The van der Waals surface area contributed by atoms with E-state index >= 15 is 0 Å². The van der Waals surface area contributed by atoms with Gasteiger partial charge in [-0.25, -0.2) is 14.4 Å². The lowest BCUT2D eigenvalue weighted by molar-refractivity contribution is -0.318. The number of rotatable bonds is 8. The van der Waals surface area contributed by atoms with Gasteiger partial charge in [-0.1, -0.05) is 61.5 Å². The summed E-state index contributed by atoms with van der Waals surface area (Å²) < 4.78 is 25.7. The highest BCUT2D eigenvalue weighted by Gasteiger charge is 2.80. The van der Waals surface area contributed by atoms with Gasteiger partial charge in [0.25, 0.3) is 0 Å². The number of ether oxygens (including phenoxy) is 4. The van der Waals surface area contributed by atoms with Crippen molar-refractivity contribution in [1.82, 2.24) is 0 Å². The Balaban J connectivity index is 1.47. The van der Waals surface area contributed by atoms with Crippen LogP contribution in [0.5, 0.6) is 0 Å². The highest BCUT2D eigenvalue weighted by atomic mass is 16.6. The first kappa shape index (κ1) is 31.0. The summed E-state index contributed by atoms with van der Waals surface area (Å²) in [6.07, 6.45) is -0.669. The minimum absolute atomic E-state index is 0.183. The van der Waals surface area contributed by atoms with Crippen LogP contribution in [-0.4, -0.2) is 70.3 Å². The number of esters is 3. The van der Waals surface area contributed by atoms with Crippen LogP contribution in [0.15, 0.2) is 91.0 Å². The summed E-state index contributed by atoms with van der Waals surface area (Å²) in [6, 6.07) is 25.5. The van der Waals surface area contributed by atoms with Gasteiger partial charge in [-0.2, -0.15) is 0 Å². The van der Waals surface area contributed by atoms with Crippen LogP contribution in [0.2, 0.25) is 0 Å². The van der Waals surface area contributed by atoms with Crippen molar-refractivity contribution in [2.45, 2.75) is 68.5 Å². The highest BCUT2D eigenvalue weighted by molar-refractivity contribution is 5.91. The molecule has 2 N–H and O–H groups in total. The molecule has 0 amide bonds. The van der Waals surface area contributed by atoms with Crippen molar-refractivity contribution in [2.24, 2.45) is 11.3 Å². The largest absolute Gasteiger partial charge is 0.458 e. The van der Waals surface area contributed by atoms with Gasteiger partial charge in [-0.15, -0.1) is 0 Å². The van der Waals surface area contributed by atoms with Crippen LogP contribution in [0.4, 0.5) is 0 Å². The Morgan fingerprint density at radius 1 is 0.733 bits per heavy atom. The number of benzene rings is 3. The van der Waals surface area contributed by atoms with Crippen LogP contribution in [0.1, 0.15) is 70.6 Å². The first-order valence-electron chi connectivity index (χ1n) is 15.3. The maximum atomic E-state index is 13.8. The Labute approximate surface area is 262 Å². The Kier molecular flexibility index (Phi) is 8.05. The lowest BCUT2D eigenvalue weighted by Gasteiger charge is -2.63. The quantitative estimate of drug-likeness (QED) is 0.273. The van der Waals surface area contributed by atoms with E-state index in [1.54, 1.807) is 91.9 Å². The molecule has 1 aliphatic heterocycles. The molecule has 3 fully saturated rings. The first-order valence-corrected chi connectivity index (χ1v) is 15.3. The molecule has 0 aromatic heterocycles. The standard InChI is InChI=1S/C36H38O9/c1-33-19-18-28(42-30(39)24-12-6-3-7-13-24)35(23-38,44-32(41)26-16-10-5-11-17-26)36(33)21-27(34(2,22-37)45-36)20-29(33)43-31(40)25-14-8-4-9-15-25/h3-17,27-29,37-38H,18-23H2,1-2H3/t27-,28-,29-,33+,34+,35+,36-/m1/s1. The molecular weight excluding hydrogens is 576 g/mol. The molecule has 0 radical (unpaired) electrons. The molecule has 1 heterocycles. The summed E-state index contributed by atoms with van der Waals surface area (Å²) in [5.41, 5.74) is -4.65. The zero-order valence-corrected chi connectivity index (χ0v) is 25.4. The van der Waals surface area contributed by atoms with Gasteiger partial charge in [0.05, 0.1) is 35.5 Å². The first-order chi connectivity index (χ1) is 21.6. The van der Waals surface area contributed by atoms with Gasteiger partial charge >= 0.3 is 17.9 Å². The van der Waals surface area contributed by atoms with Crippen molar-refractivity contribution in [1.29, 1.82) is 0 Å². The molecule has 2 bridgehead atoms. The molecule has 9 nitrogen and oxygen atoms in total. The van der Waals surface area contributed by atoms with Gasteiger partial charge in [0.1, 0.15) is 17.8 Å². The van der Waals surface area contributed by atoms with Crippen LogP contribution in [0.3, 0.4) is 0 Å². The second kappa shape index (κ2) is 11.7. The van der Waals surface area contributed by atoms with E-state index in [0.717, 1.165) is 0 Å². The Morgan fingerprint density at radius 3 is 1.71 bits per heavy atom. The third-order valence-corrected chi connectivity index (χ3v) is 10.4.